The molecule has 2 aromatic heterocycles. The Balaban J connectivity index is 1.52. The number of hydrogen-bond acceptors (Lipinski definition) is 6. The Morgan fingerprint density at radius 3 is 2.69 bits per heavy atom. The number of quaternary nitrogens is 1. The summed E-state index contributed by atoms with van der Waals surface area (Å²) in [5.74, 6) is -0.278. The number of nitrogens with zero attached hydrogens (tertiary/aromatic N) is 4. The van der Waals surface area contributed by atoms with Gasteiger partial charge in [-0.2, -0.15) is 0 Å². The van der Waals surface area contributed by atoms with E-state index in [0.717, 1.165) is 38.2 Å². The van der Waals surface area contributed by atoms with Crippen molar-refractivity contribution in [2.75, 3.05) is 26.9 Å². The van der Waals surface area contributed by atoms with E-state index >= 15 is 0 Å². The minimum atomic E-state index is -0.833. The number of aryl methyl sites for hydroxylation is 4. The Morgan fingerprint density at radius 1 is 1.21 bits per heavy atom. The first-order valence-corrected chi connectivity index (χ1v) is 14.0. The van der Waals surface area contributed by atoms with Crippen LogP contribution < -0.4 is 5.11 Å². The van der Waals surface area contributed by atoms with Crippen LogP contribution in [0.2, 0.25) is 0 Å². The van der Waals surface area contributed by atoms with Gasteiger partial charge in [-0.15, -0.1) is 0 Å². The van der Waals surface area contributed by atoms with Crippen LogP contribution in [0.1, 0.15) is 55.3 Å². The van der Waals surface area contributed by atoms with Crippen molar-refractivity contribution in [1.29, 1.82) is 0 Å². The first kappa shape index (κ1) is 28.6. The number of carbonyl (C=O) groups excluding carboxylic acids is 1. The van der Waals surface area contributed by atoms with E-state index in [2.05, 4.69) is 58.8 Å². The quantitative estimate of drug-likeness (QED) is 0.169. The highest BCUT2D eigenvalue weighted by atomic mass is 16.6. The SMILES string of the molecule is CCOC(=O)C(CC(C)C)N=C([O-])OC[N+]1(C)CCc2c(c3cc(C)ccc3n2CCc2ccc(C)nc2)C1. The fraction of sp³-hybridized carbons (Fsp3) is 0.516. The molecular formula is C31H42N4O4. The molecule has 0 saturated heterocycles. The minimum absolute atomic E-state index is 0.198. The number of benzene rings is 1. The zero-order chi connectivity index (χ0) is 28.2. The molecule has 0 bridgehead atoms. The van der Waals surface area contributed by atoms with E-state index in [-0.39, 0.29) is 19.3 Å². The van der Waals surface area contributed by atoms with Crippen molar-refractivity contribution < 1.29 is 23.9 Å². The lowest BCUT2D eigenvalue weighted by Gasteiger charge is -2.40. The second kappa shape index (κ2) is 12.2. The molecule has 3 aromatic rings. The molecule has 1 aliphatic heterocycles. The molecule has 1 aliphatic rings. The van der Waals surface area contributed by atoms with E-state index in [9.17, 15) is 9.90 Å². The van der Waals surface area contributed by atoms with Crippen LogP contribution in [0.4, 0.5) is 0 Å². The second-order valence-electron chi connectivity index (χ2n) is 11.5. The largest absolute Gasteiger partial charge is 0.553 e. The highest BCUT2D eigenvalue weighted by molar-refractivity contribution is 5.86. The predicted molar refractivity (Wildman–Crippen MR) is 151 cm³/mol. The third-order valence-corrected chi connectivity index (χ3v) is 7.48. The Morgan fingerprint density at radius 2 is 2.00 bits per heavy atom. The van der Waals surface area contributed by atoms with Gasteiger partial charge in [0, 0.05) is 47.0 Å². The summed E-state index contributed by atoms with van der Waals surface area (Å²) in [6.07, 6.45) is 3.52. The summed E-state index contributed by atoms with van der Waals surface area (Å²) < 4.78 is 13.8. The first-order chi connectivity index (χ1) is 18.6. The highest BCUT2D eigenvalue weighted by Crippen LogP contribution is 2.34. The van der Waals surface area contributed by atoms with Gasteiger partial charge in [0.15, 0.2) is 0 Å². The van der Waals surface area contributed by atoms with E-state index in [1.165, 1.54) is 33.3 Å². The molecule has 2 atom stereocenters. The highest BCUT2D eigenvalue weighted by Gasteiger charge is 2.32. The van der Waals surface area contributed by atoms with Gasteiger partial charge in [-0.25, -0.2) is 4.79 Å². The number of esters is 1. The van der Waals surface area contributed by atoms with Crippen molar-refractivity contribution in [2.45, 2.75) is 73.0 Å². The van der Waals surface area contributed by atoms with E-state index in [1.54, 1.807) is 6.92 Å². The van der Waals surface area contributed by atoms with Crippen molar-refractivity contribution in [3.63, 3.8) is 0 Å². The number of pyridine rings is 1. The Hall–Kier alpha value is -3.39. The Bertz CT molecular complexity index is 1330. The van der Waals surface area contributed by atoms with E-state index in [0.29, 0.717) is 10.9 Å². The monoisotopic (exact) mass is 534 g/mol. The zero-order valence-electron chi connectivity index (χ0n) is 24.2. The molecule has 4 rings (SSSR count). The molecule has 0 N–H and O–H groups in total. The molecule has 210 valence electrons. The Kier molecular flexibility index (Phi) is 8.95. The van der Waals surface area contributed by atoms with Crippen LogP contribution in [0.3, 0.4) is 0 Å². The van der Waals surface area contributed by atoms with Crippen LogP contribution >= 0.6 is 0 Å². The molecule has 8 heteroatoms. The van der Waals surface area contributed by atoms with Gasteiger partial charge in [-0.3, -0.25) is 9.98 Å². The molecule has 39 heavy (non-hydrogen) atoms. The van der Waals surface area contributed by atoms with Gasteiger partial charge in [0.1, 0.15) is 25.4 Å². The molecule has 8 nitrogen and oxygen atoms in total. The number of fused-ring (bicyclic) bond motifs is 3. The number of carbonyl (C=O) groups is 1. The van der Waals surface area contributed by atoms with Crippen LogP contribution in [-0.4, -0.2) is 59.1 Å². The van der Waals surface area contributed by atoms with Gasteiger partial charge in [0.05, 0.1) is 20.2 Å². The summed E-state index contributed by atoms with van der Waals surface area (Å²) in [5, 5.41) is 13.9. The second-order valence-corrected chi connectivity index (χ2v) is 11.5. The number of ether oxygens (including phenoxy) is 2. The standard InChI is InChI=1S/C31H42N4O4/c1-7-38-30(36)27(16-21(2)3)33-31(37)39-20-35(6)15-13-29-26(19-35)25-17-22(4)8-11-28(25)34(29)14-12-24-10-9-23(5)32-18-24/h8-11,17-18,21,27H,7,12-16,19-20H2,1-6H3. The average Bonchev–Trinajstić information content (AvgIpc) is 3.18. The summed E-state index contributed by atoms with van der Waals surface area (Å²) in [6.45, 7) is 12.8. The summed E-state index contributed by atoms with van der Waals surface area (Å²) in [4.78, 5) is 20.8. The molecule has 0 fully saturated rings. The van der Waals surface area contributed by atoms with Gasteiger partial charge < -0.3 is 23.6 Å². The van der Waals surface area contributed by atoms with Gasteiger partial charge in [-0.05, 0) is 63.3 Å². The number of hydrogen-bond donors (Lipinski definition) is 0. The third-order valence-electron chi connectivity index (χ3n) is 7.48. The van der Waals surface area contributed by atoms with Gasteiger partial charge in [-0.1, -0.05) is 31.5 Å². The molecule has 0 saturated carbocycles. The van der Waals surface area contributed by atoms with E-state index < -0.39 is 18.1 Å². The van der Waals surface area contributed by atoms with Crippen molar-refractivity contribution in [2.24, 2.45) is 10.9 Å². The maximum Gasteiger partial charge on any atom is 0.330 e. The van der Waals surface area contributed by atoms with Crippen molar-refractivity contribution in [3.8, 4) is 0 Å². The van der Waals surface area contributed by atoms with Crippen LogP contribution in [-0.2, 0) is 40.2 Å². The predicted octanol–water partition coefficient (Wildman–Crippen LogP) is 4.07. The lowest BCUT2D eigenvalue weighted by molar-refractivity contribution is -0.940. The van der Waals surface area contributed by atoms with Gasteiger partial charge in [0.2, 0.25) is 0 Å². The van der Waals surface area contributed by atoms with Gasteiger partial charge >= 0.3 is 5.97 Å². The van der Waals surface area contributed by atoms with Gasteiger partial charge in [0.25, 0.3) is 0 Å². The Labute approximate surface area is 231 Å². The average molecular weight is 535 g/mol. The van der Waals surface area contributed by atoms with Crippen molar-refractivity contribution in [1.82, 2.24) is 9.55 Å². The topological polar surface area (TPSA) is 88.8 Å². The lowest BCUT2D eigenvalue weighted by Crippen LogP contribution is -2.50. The van der Waals surface area contributed by atoms with Crippen LogP contribution in [0.5, 0.6) is 0 Å². The van der Waals surface area contributed by atoms with Crippen LogP contribution in [0.25, 0.3) is 10.9 Å². The molecule has 0 radical (unpaired) electrons. The summed E-state index contributed by atoms with van der Waals surface area (Å²) in [6, 6.07) is 10.1. The molecule has 0 amide bonds. The van der Waals surface area contributed by atoms with Crippen molar-refractivity contribution >= 4 is 23.0 Å². The molecule has 0 aliphatic carbocycles. The maximum absolute atomic E-state index is 12.7. The molecular weight excluding hydrogens is 492 g/mol. The van der Waals surface area contributed by atoms with Crippen LogP contribution in [0, 0.1) is 19.8 Å². The van der Waals surface area contributed by atoms with Crippen molar-refractivity contribution in [3.05, 3.63) is 64.6 Å². The molecule has 3 heterocycles. The first-order valence-electron chi connectivity index (χ1n) is 14.0. The number of likely N-dealkylation sites (N-methyl/N-ethyl adjacent to an activating group) is 1. The minimum Gasteiger partial charge on any atom is -0.553 e. The smallest absolute Gasteiger partial charge is 0.330 e. The van der Waals surface area contributed by atoms with Crippen LogP contribution in [0.15, 0.2) is 41.5 Å². The number of aliphatic imine (C=N–C) groups is 1. The normalized spacial score (nSPS) is 18.3. The number of aromatic nitrogens is 2. The fourth-order valence-electron chi connectivity index (χ4n) is 5.40. The molecule has 1 aromatic carbocycles. The molecule has 0 spiro atoms. The molecule has 2 unspecified atom stereocenters. The third kappa shape index (κ3) is 6.98. The number of rotatable bonds is 10. The lowest BCUT2D eigenvalue weighted by atomic mass is 10.0. The summed E-state index contributed by atoms with van der Waals surface area (Å²) in [7, 11) is 2.12. The summed E-state index contributed by atoms with van der Waals surface area (Å²) >= 11 is 0. The van der Waals surface area contributed by atoms with E-state index in [4.69, 9.17) is 9.47 Å². The summed E-state index contributed by atoms with van der Waals surface area (Å²) in [5.41, 5.74) is 7.42. The fourth-order valence-corrected chi connectivity index (χ4v) is 5.40. The zero-order valence-corrected chi connectivity index (χ0v) is 24.2. The maximum atomic E-state index is 12.7. The van der Waals surface area contributed by atoms with E-state index in [1.807, 2.05) is 27.0 Å².